The highest BCUT2D eigenvalue weighted by atomic mass is 16.4. The first-order chi connectivity index (χ1) is 8.86. The van der Waals surface area contributed by atoms with Gasteiger partial charge in [-0.1, -0.05) is 0 Å². The van der Waals surface area contributed by atoms with Crippen molar-refractivity contribution in [3.05, 3.63) is 23.0 Å². The van der Waals surface area contributed by atoms with Gasteiger partial charge in [-0.05, 0) is 26.8 Å². The number of carboxylic acid groups (broad SMARTS) is 1. The second-order valence-corrected chi connectivity index (χ2v) is 4.29. The maximum atomic E-state index is 11.9. The Labute approximate surface area is 112 Å². The van der Waals surface area contributed by atoms with Crippen molar-refractivity contribution in [2.45, 2.75) is 20.8 Å². The highest BCUT2D eigenvalue weighted by molar-refractivity contribution is 5.93. The van der Waals surface area contributed by atoms with E-state index in [1.54, 1.807) is 17.7 Å². The van der Waals surface area contributed by atoms with Crippen LogP contribution in [0.25, 0.3) is 6.08 Å². The van der Waals surface area contributed by atoms with E-state index in [-0.39, 0.29) is 12.5 Å². The van der Waals surface area contributed by atoms with Gasteiger partial charge in [0.05, 0.1) is 5.69 Å². The molecule has 1 aromatic heterocycles. The van der Waals surface area contributed by atoms with Crippen molar-refractivity contribution in [2.24, 2.45) is 7.05 Å². The van der Waals surface area contributed by atoms with Gasteiger partial charge in [-0.2, -0.15) is 5.10 Å². The van der Waals surface area contributed by atoms with Crippen LogP contribution in [0.5, 0.6) is 0 Å². The van der Waals surface area contributed by atoms with Crippen molar-refractivity contribution in [1.82, 2.24) is 14.7 Å². The maximum Gasteiger partial charge on any atom is 0.323 e. The fourth-order valence-corrected chi connectivity index (χ4v) is 1.80. The van der Waals surface area contributed by atoms with Gasteiger partial charge in [0.25, 0.3) is 0 Å². The van der Waals surface area contributed by atoms with Gasteiger partial charge in [-0.25, -0.2) is 0 Å². The summed E-state index contributed by atoms with van der Waals surface area (Å²) < 4.78 is 1.74. The van der Waals surface area contributed by atoms with E-state index >= 15 is 0 Å². The van der Waals surface area contributed by atoms with E-state index in [4.69, 9.17) is 5.11 Å². The smallest absolute Gasteiger partial charge is 0.323 e. The Morgan fingerprint density at radius 2 is 2.05 bits per heavy atom. The number of hydrogen-bond acceptors (Lipinski definition) is 3. The second-order valence-electron chi connectivity index (χ2n) is 4.29. The average molecular weight is 265 g/mol. The molecule has 0 atom stereocenters. The monoisotopic (exact) mass is 265 g/mol. The minimum Gasteiger partial charge on any atom is -0.480 e. The normalized spacial score (nSPS) is 10.9. The SMILES string of the molecule is CCN(CC(=O)O)C(=O)/C=C/c1c(C)nn(C)c1C. The van der Waals surface area contributed by atoms with Gasteiger partial charge < -0.3 is 10.0 Å². The predicted molar refractivity (Wildman–Crippen MR) is 71.6 cm³/mol. The summed E-state index contributed by atoms with van der Waals surface area (Å²) in [7, 11) is 1.84. The molecule has 1 amide bonds. The lowest BCUT2D eigenvalue weighted by Gasteiger charge is -2.15. The van der Waals surface area contributed by atoms with Crippen LogP contribution in [0.1, 0.15) is 23.9 Å². The van der Waals surface area contributed by atoms with Crippen LogP contribution in [0.3, 0.4) is 0 Å². The molecule has 0 bridgehead atoms. The first kappa shape index (κ1) is 14.9. The summed E-state index contributed by atoms with van der Waals surface area (Å²) in [6.07, 6.45) is 3.08. The number of carbonyl (C=O) groups excluding carboxylic acids is 1. The molecule has 0 saturated carbocycles. The molecule has 1 heterocycles. The summed E-state index contributed by atoms with van der Waals surface area (Å²) in [4.78, 5) is 23.8. The quantitative estimate of drug-likeness (QED) is 0.805. The summed E-state index contributed by atoms with van der Waals surface area (Å²) in [5.74, 6) is -1.33. The molecule has 0 spiro atoms. The van der Waals surface area contributed by atoms with Crippen LogP contribution < -0.4 is 0 Å². The van der Waals surface area contributed by atoms with E-state index < -0.39 is 5.97 Å². The van der Waals surface area contributed by atoms with E-state index in [2.05, 4.69) is 5.10 Å². The topological polar surface area (TPSA) is 75.4 Å². The van der Waals surface area contributed by atoms with Crippen LogP contribution >= 0.6 is 0 Å². The van der Waals surface area contributed by atoms with Crippen molar-refractivity contribution in [3.63, 3.8) is 0 Å². The molecule has 0 aromatic carbocycles. The lowest BCUT2D eigenvalue weighted by molar-refractivity contribution is -0.142. The van der Waals surface area contributed by atoms with Gasteiger partial charge in [0, 0.05) is 30.9 Å². The number of nitrogens with zero attached hydrogens (tertiary/aromatic N) is 3. The Morgan fingerprint density at radius 3 is 2.47 bits per heavy atom. The highest BCUT2D eigenvalue weighted by Gasteiger charge is 2.13. The Balaban J connectivity index is 2.85. The van der Waals surface area contributed by atoms with Crippen LogP contribution in [0.4, 0.5) is 0 Å². The lowest BCUT2D eigenvalue weighted by Crippen LogP contribution is -2.34. The number of amides is 1. The van der Waals surface area contributed by atoms with Gasteiger partial charge in [-0.15, -0.1) is 0 Å². The van der Waals surface area contributed by atoms with Crippen LogP contribution in [0.2, 0.25) is 0 Å². The molecule has 1 N–H and O–H groups in total. The molecule has 104 valence electrons. The molecular weight excluding hydrogens is 246 g/mol. The first-order valence-corrected chi connectivity index (χ1v) is 6.05. The number of rotatable bonds is 5. The van der Waals surface area contributed by atoms with E-state index in [0.717, 1.165) is 17.0 Å². The fraction of sp³-hybridized carbons (Fsp3) is 0.462. The molecule has 1 aromatic rings. The lowest BCUT2D eigenvalue weighted by atomic mass is 10.2. The summed E-state index contributed by atoms with van der Waals surface area (Å²) in [6.45, 7) is 5.60. The first-order valence-electron chi connectivity index (χ1n) is 6.05. The van der Waals surface area contributed by atoms with Crippen LogP contribution in [-0.2, 0) is 16.6 Å². The van der Waals surface area contributed by atoms with E-state index in [0.29, 0.717) is 6.54 Å². The highest BCUT2D eigenvalue weighted by Crippen LogP contribution is 2.13. The van der Waals surface area contributed by atoms with Crippen LogP contribution in [0.15, 0.2) is 6.08 Å². The summed E-state index contributed by atoms with van der Waals surface area (Å²) >= 11 is 0. The molecule has 1 rings (SSSR count). The molecule has 0 aliphatic carbocycles. The van der Waals surface area contributed by atoms with Crippen molar-refractivity contribution in [1.29, 1.82) is 0 Å². The number of hydrogen-bond donors (Lipinski definition) is 1. The molecule has 19 heavy (non-hydrogen) atoms. The predicted octanol–water partition coefficient (Wildman–Crippen LogP) is 0.983. The minimum absolute atomic E-state index is 0.287. The molecule has 0 aliphatic heterocycles. The number of aromatic nitrogens is 2. The number of aliphatic carboxylic acids is 1. The summed E-state index contributed by atoms with van der Waals surface area (Å²) in [5.41, 5.74) is 2.69. The Morgan fingerprint density at radius 1 is 1.42 bits per heavy atom. The van der Waals surface area contributed by atoms with Crippen LogP contribution in [0, 0.1) is 13.8 Å². The van der Waals surface area contributed by atoms with E-state index in [1.165, 1.54) is 11.0 Å². The standard InChI is InChI=1S/C13H19N3O3/c1-5-16(8-13(18)19)12(17)7-6-11-9(2)14-15(4)10(11)3/h6-7H,5,8H2,1-4H3,(H,18,19)/b7-6+. The van der Waals surface area contributed by atoms with Crippen molar-refractivity contribution < 1.29 is 14.7 Å². The largest absolute Gasteiger partial charge is 0.480 e. The molecule has 0 unspecified atom stereocenters. The molecule has 0 saturated heterocycles. The summed E-state index contributed by atoms with van der Waals surface area (Å²) in [5, 5.41) is 13.0. The van der Waals surface area contributed by atoms with Gasteiger partial charge in [0.15, 0.2) is 0 Å². The number of aryl methyl sites for hydroxylation is 2. The van der Waals surface area contributed by atoms with E-state index in [9.17, 15) is 9.59 Å². The zero-order valence-corrected chi connectivity index (χ0v) is 11.7. The maximum absolute atomic E-state index is 11.9. The average Bonchev–Trinajstić information content (AvgIpc) is 2.57. The molecular formula is C13H19N3O3. The third-order valence-electron chi connectivity index (χ3n) is 2.98. The third kappa shape index (κ3) is 3.67. The van der Waals surface area contributed by atoms with E-state index in [1.807, 2.05) is 20.9 Å². The molecule has 6 nitrogen and oxygen atoms in total. The Hall–Kier alpha value is -2.11. The molecule has 0 radical (unpaired) electrons. The summed E-state index contributed by atoms with van der Waals surface area (Å²) in [6, 6.07) is 0. The van der Waals surface area contributed by atoms with Crippen molar-refractivity contribution >= 4 is 18.0 Å². The van der Waals surface area contributed by atoms with Crippen molar-refractivity contribution in [3.8, 4) is 0 Å². The second kappa shape index (κ2) is 6.17. The number of carboxylic acids is 1. The molecule has 0 fully saturated rings. The Bertz CT molecular complexity index is 517. The number of likely N-dealkylation sites (N-methyl/N-ethyl adjacent to an activating group) is 1. The van der Waals surface area contributed by atoms with Gasteiger partial charge in [0.1, 0.15) is 6.54 Å². The van der Waals surface area contributed by atoms with Crippen LogP contribution in [-0.4, -0.2) is 44.8 Å². The zero-order valence-electron chi connectivity index (χ0n) is 11.7. The molecule has 6 heteroatoms. The van der Waals surface area contributed by atoms with Gasteiger partial charge in [-0.3, -0.25) is 14.3 Å². The Kier molecular flexibility index (Phi) is 4.86. The zero-order chi connectivity index (χ0) is 14.6. The third-order valence-corrected chi connectivity index (χ3v) is 2.98. The fourth-order valence-electron chi connectivity index (χ4n) is 1.80. The van der Waals surface area contributed by atoms with Gasteiger partial charge >= 0.3 is 5.97 Å². The number of carbonyl (C=O) groups is 2. The minimum atomic E-state index is -1.02. The van der Waals surface area contributed by atoms with Gasteiger partial charge in [0.2, 0.25) is 5.91 Å². The van der Waals surface area contributed by atoms with Crippen molar-refractivity contribution in [2.75, 3.05) is 13.1 Å². The molecule has 0 aliphatic rings.